The van der Waals surface area contributed by atoms with Crippen LogP contribution in [0.1, 0.15) is 22.8 Å². The fraction of sp³-hybridized carbons (Fsp3) is 0.227. The van der Waals surface area contributed by atoms with Gasteiger partial charge in [0.15, 0.2) is 0 Å². The van der Waals surface area contributed by atoms with Gasteiger partial charge < -0.3 is 10.1 Å². The minimum absolute atomic E-state index is 0.227. The SMILES string of the molecule is CO[C@@H](C)CN(C(=O)c1cc(C)ccc1N/N=C\C=N)n1cc(-c2ccc(F)cn2)cn1. The van der Waals surface area contributed by atoms with Crippen molar-refractivity contribution in [2.75, 3.05) is 24.1 Å². The van der Waals surface area contributed by atoms with Crippen LogP contribution in [0.2, 0.25) is 0 Å². The second-order valence-corrected chi connectivity index (χ2v) is 7.05. The molecule has 0 aliphatic carbocycles. The number of pyridine rings is 1. The molecule has 9 nitrogen and oxygen atoms in total. The lowest BCUT2D eigenvalue weighted by Gasteiger charge is -2.26. The van der Waals surface area contributed by atoms with Crippen molar-refractivity contribution in [2.24, 2.45) is 5.10 Å². The van der Waals surface area contributed by atoms with Gasteiger partial charge >= 0.3 is 0 Å². The van der Waals surface area contributed by atoms with Gasteiger partial charge in [-0.3, -0.25) is 15.2 Å². The third-order valence-corrected chi connectivity index (χ3v) is 4.65. The van der Waals surface area contributed by atoms with E-state index in [2.05, 4.69) is 20.6 Å². The molecular formula is C22H24FN7O2. The van der Waals surface area contributed by atoms with Crippen molar-refractivity contribution in [3.8, 4) is 11.3 Å². The zero-order chi connectivity index (χ0) is 23.1. The molecule has 0 saturated carbocycles. The average molecular weight is 437 g/mol. The zero-order valence-electron chi connectivity index (χ0n) is 18.0. The standard InChI is InChI=1S/C22H24FN7O2/c1-15-4-6-21(28-26-9-8-24)19(10-15)22(31)29(13-16(2)32-3)30-14-17(11-27-30)20-7-5-18(23)12-25-20/h4-12,14,16,24,28H,13H2,1-3H3/b24-8?,26-9-/t16-/m0/s1. The summed E-state index contributed by atoms with van der Waals surface area (Å²) in [6.45, 7) is 3.95. The Morgan fingerprint density at radius 3 is 2.88 bits per heavy atom. The van der Waals surface area contributed by atoms with Gasteiger partial charge in [0.1, 0.15) is 5.82 Å². The molecule has 1 aromatic carbocycles. The molecule has 0 aliphatic heterocycles. The molecule has 2 aromatic heterocycles. The Bertz CT molecular complexity index is 1110. The lowest BCUT2D eigenvalue weighted by Crippen LogP contribution is -2.45. The van der Waals surface area contributed by atoms with Gasteiger partial charge in [0.05, 0.1) is 54.4 Å². The molecule has 0 bridgehead atoms. The summed E-state index contributed by atoms with van der Waals surface area (Å²) in [4.78, 5) is 19.1. The molecule has 1 atom stereocenters. The van der Waals surface area contributed by atoms with Gasteiger partial charge in [0, 0.05) is 18.9 Å². The third kappa shape index (κ3) is 5.41. The van der Waals surface area contributed by atoms with Gasteiger partial charge in [0.2, 0.25) is 0 Å². The Hall–Kier alpha value is -3.92. The van der Waals surface area contributed by atoms with Crippen LogP contribution in [0.15, 0.2) is 54.0 Å². The van der Waals surface area contributed by atoms with Crippen molar-refractivity contribution in [2.45, 2.75) is 20.0 Å². The van der Waals surface area contributed by atoms with E-state index in [4.69, 9.17) is 10.1 Å². The Labute approximate surface area is 185 Å². The molecule has 0 spiro atoms. The van der Waals surface area contributed by atoms with Crippen LogP contribution in [0, 0.1) is 18.2 Å². The van der Waals surface area contributed by atoms with Crippen molar-refractivity contribution >= 4 is 24.0 Å². The van der Waals surface area contributed by atoms with Crippen LogP contribution >= 0.6 is 0 Å². The van der Waals surface area contributed by atoms with Crippen LogP contribution < -0.4 is 10.4 Å². The van der Waals surface area contributed by atoms with Crippen LogP contribution in [0.25, 0.3) is 11.3 Å². The van der Waals surface area contributed by atoms with E-state index in [0.29, 0.717) is 22.5 Å². The number of carbonyl (C=O) groups excluding carboxylic acids is 1. The fourth-order valence-corrected chi connectivity index (χ4v) is 2.92. The summed E-state index contributed by atoms with van der Waals surface area (Å²) in [7, 11) is 1.57. The Kier molecular flexibility index (Phi) is 7.40. The van der Waals surface area contributed by atoms with E-state index < -0.39 is 5.82 Å². The second-order valence-electron chi connectivity index (χ2n) is 7.05. The first-order valence-electron chi connectivity index (χ1n) is 9.83. The highest BCUT2D eigenvalue weighted by Crippen LogP contribution is 2.21. The lowest BCUT2D eigenvalue weighted by atomic mass is 10.1. The molecule has 0 radical (unpaired) electrons. The molecule has 3 rings (SSSR count). The van der Waals surface area contributed by atoms with Gasteiger partial charge in [-0.1, -0.05) is 11.6 Å². The van der Waals surface area contributed by atoms with Crippen LogP contribution in [0.3, 0.4) is 0 Å². The monoisotopic (exact) mass is 437 g/mol. The highest BCUT2D eigenvalue weighted by molar-refractivity contribution is 6.14. The Morgan fingerprint density at radius 2 is 2.19 bits per heavy atom. The predicted octanol–water partition coefficient (Wildman–Crippen LogP) is 3.25. The maximum atomic E-state index is 13.6. The number of hydrazone groups is 1. The van der Waals surface area contributed by atoms with Crippen molar-refractivity contribution < 1.29 is 13.9 Å². The van der Waals surface area contributed by atoms with E-state index in [0.717, 1.165) is 18.0 Å². The van der Waals surface area contributed by atoms with Crippen molar-refractivity contribution in [3.63, 3.8) is 0 Å². The number of hydrogen-bond donors (Lipinski definition) is 2. The number of aromatic nitrogens is 3. The summed E-state index contributed by atoms with van der Waals surface area (Å²) in [5.74, 6) is -0.760. The fourth-order valence-electron chi connectivity index (χ4n) is 2.92. The quantitative estimate of drug-likeness (QED) is 0.395. The number of benzene rings is 1. The van der Waals surface area contributed by atoms with Crippen molar-refractivity contribution in [1.29, 1.82) is 5.41 Å². The molecule has 1 amide bonds. The molecule has 32 heavy (non-hydrogen) atoms. The number of aryl methyl sites for hydroxylation is 1. The molecule has 10 heteroatoms. The summed E-state index contributed by atoms with van der Waals surface area (Å²) in [6, 6.07) is 8.22. The number of rotatable bonds is 9. The van der Waals surface area contributed by atoms with Gasteiger partial charge in [-0.25, -0.2) is 9.40 Å². The normalized spacial score (nSPS) is 12.0. The van der Waals surface area contributed by atoms with E-state index in [1.54, 1.807) is 37.7 Å². The first-order valence-corrected chi connectivity index (χ1v) is 9.83. The highest BCUT2D eigenvalue weighted by Gasteiger charge is 2.24. The number of halogens is 1. The molecule has 0 fully saturated rings. The predicted molar refractivity (Wildman–Crippen MR) is 121 cm³/mol. The Balaban J connectivity index is 1.99. The smallest absolute Gasteiger partial charge is 0.276 e. The average Bonchev–Trinajstić information content (AvgIpc) is 3.28. The lowest BCUT2D eigenvalue weighted by molar-refractivity contribution is 0.0871. The minimum Gasteiger partial charge on any atom is -0.380 e. The van der Waals surface area contributed by atoms with E-state index >= 15 is 0 Å². The van der Waals surface area contributed by atoms with Crippen LogP contribution in [-0.4, -0.2) is 53.0 Å². The van der Waals surface area contributed by atoms with E-state index in [1.165, 1.54) is 22.1 Å². The highest BCUT2D eigenvalue weighted by atomic mass is 19.1. The van der Waals surface area contributed by atoms with Gasteiger partial charge in [-0.05, 0) is 38.1 Å². The van der Waals surface area contributed by atoms with Crippen LogP contribution in [0.4, 0.5) is 10.1 Å². The number of anilines is 1. The summed E-state index contributed by atoms with van der Waals surface area (Å²) in [6.07, 6.45) is 6.37. The molecule has 0 aliphatic rings. The summed E-state index contributed by atoms with van der Waals surface area (Å²) < 4.78 is 18.6. The molecule has 0 saturated heterocycles. The van der Waals surface area contributed by atoms with Gasteiger partial charge in [0.25, 0.3) is 5.91 Å². The number of hydrogen-bond acceptors (Lipinski definition) is 7. The number of ether oxygens (including phenoxy) is 1. The molecule has 2 heterocycles. The first-order chi connectivity index (χ1) is 15.4. The molecule has 166 valence electrons. The minimum atomic E-state index is -0.433. The third-order valence-electron chi connectivity index (χ3n) is 4.65. The van der Waals surface area contributed by atoms with E-state index in [-0.39, 0.29) is 18.6 Å². The molecule has 2 N–H and O–H groups in total. The number of carbonyl (C=O) groups is 1. The van der Waals surface area contributed by atoms with E-state index in [9.17, 15) is 9.18 Å². The summed E-state index contributed by atoms with van der Waals surface area (Å²) in [5.41, 5.74) is 5.72. The number of amides is 1. The Morgan fingerprint density at radius 1 is 1.38 bits per heavy atom. The summed E-state index contributed by atoms with van der Waals surface area (Å²) >= 11 is 0. The topological polar surface area (TPSA) is 108 Å². The van der Waals surface area contributed by atoms with Crippen LogP contribution in [-0.2, 0) is 4.74 Å². The largest absolute Gasteiger partial charge is 0.380 e. The zero-order valence-corrected chi connectivity index (χ0v) is 18.0. The molecule has 3 aromatic rings. The molecule has 0 unspecified atom stereocenters. The second kappa shape index (κ2) is 10.4. The maximum absolute atomic E-state index is 13.6. The number of methoxy groups -OCH3 is 1. The van der Waals surface area contributed by atoms with E-state index in [1.807, 2.05) is 19.9 Å². The van der Waals surface area contributed by atoms with Crippen LogP contribution in [0.5, 0.6) is 0 Å². The van der Waals surface area contributed by atoms with Crippen molar-refractivity contribution in [3.05, 3.63) is 65.9 Å². The van der Waals surface area contributed by atoms with Gasteiger partial charge in [-0.15, -0.1) is 0 Å². The first kappa shape index (κ1) is 22.8. The molecular weight excluding hydrogens is 413 g/mol. The van der Waals surface area contributed by atoms with Crippen molar-refractivity contribution in [1.82, 2.24) is 14.9 Å². The van der Waals surface area contributed by atoms with Gasteiger partial charge in [-0.2, -0.15) is 15.0 Å². The number of nitrogens with zero attached hydrogens (tertiary/aromatic N) is 5. The maximum Gasteiger partial charge on any atom is 0.276 e. The number of nitrogens with one attached hydrogen (secondary N) is 2. The summed E-state index contributed by atoms with van der Waals surface area (Å²) in [5, 5.41) is 16.8.